The van der Waals surface area contributed by atoms with Gasteiger partial charge >= 0.3 is 12.0 Å². The molecule has 2 unspecified atom stereocenters. The van der Waals surface area contributed by atoms with Gasteiger partial charge in [0.2, 0.25) is 11.8 Å². The number of unbranched alkanes of at least 4 members (excludes halogenated alkanes) is 1. The summed E-state index contributed by atoms with van der Waals surface area (Å²) in [6, 6.07) is -1.37. The number of carbonyl (C=O) groups excluding carboxylic acids is 4. The first-order chi connectivity index (χ1) is 30.8. The molecule has 2 fully saturated rings. The van der Waals surface area contributed by atoms with Crippen LogP contribution < -0.4 is 27.0 Å². The summed E-state index contributed by atoms with van der Waals surface area (Å²) in [5, 5.41) is 23.3. The van der Waals surface area contributed by atoms with Crippen LogP contribution in [-0.4, -0.2) is 136 Å². The smallest absolute Gasteiger partial charge is 0.331 e. The second-order valence-corrected chi connectivity index (χ2v) is 18.7. The van der Waals surface area contributed by atoms with Gasteiger partial charge < -0.3 is 55.8 Å². The van der Waals surface area contributed by atoms with Gasteiger partial charge in [-0.1, -0.05) is 86.1 Å². The second kappa shape index (κ2) is 28.3. The zero-order valence-electron chi connectivity index (χ0n) is 38.6. The first kappa shape index (κ1) is 52.9. The molecule has 0 bridgehead atoms. The molecule has 0 aromatic carbocycles. The third kappa shape index (κ3) is 18.6. The number of carbonyl (C=O) groups is 4. The van der Waals surface area contributed by atoms with E-state index in [4.69, 9.17) is 29.4 Å². The molecule has 64 heavy (non-hydrogen) atoms. The quantitative estimate of drug-likeness (QED) is 0.0341. The topological polar surface area (TPSA) is 209 Å². The van der Waals surface area contributed by atoms with Gasteiger partial charge in [-0.3, -0.25) is 9.59 Å². The minimum atomic E-state index is -1.21. The molecule has 16 heteroatoms. The highest BCUT2D eigenvalue weighted by Crippen LogP contribution is 2.40. The molecular weight excluding hydrogens is 839 g/mol. The van der Waals surface area contributed by atoms with Crippen LogP contribution in [0.2, 0.25) is 0 Å². The third-order valence-corrected chi connectivity index (χ3v) is 13.6. The lowest BCUT2D eigenvalue weighted by atomic mass is 9.69. The van der Waals surface area contributed by atoms with E-state index in [1.54, 1.807) is 13.0 Å². The molecule has 2 saturated heterocycles. The van der Waals surface area contributed by atoms with Crippen molar-refractivity contribution < 1.29 is 48.0 Å². The van der Waals surface area contributed by atoms with E-state index in [0.29, 0.717) is 64.5 Å². The summed E-state index contributed by atoms with van der Waals surface area (Å²) in [6.07, 6.45) is 23.2. The van der Waals surface area contributed by atoms with E-state index in [0.717, 1.165) is 49.0 Å². The normalized spacial score (nSPS) is 30.4. The number of ether oxygens (including phenoxy) is 5. The molecule has 15 nitrogen and oxygen atoms in total. The lowest BCUT2D eigenvalue weighted by molar-refractivity contribution is -0.148. The highest BCUT2D eigenvalue weighted by Gasteiger charge is 2.42. The van der Waals surface area contributed by atoms with Gasteiger partial charge in [-0.25, -0.2) is 9.59 Å². The van der Waals surface area contributed by atoms with Crippen LogP contribution in [0.15, 0.2) is 71.9 Å². The van der Waals surface area contributed by atoms with Crippen LogP contribution in [0.4, 0.5) is 4.79 Å². The Bertz CT molecular complexity index is 1680. The predicted molar refractivity (Wildman–Crippen MR) is 250 cm³/mol. The first-order valence-electron chi connectivity index (χ1n) is 23.0. The van der Waals surface area contributed by atoms with Crippen molar-refractivity contribution in [3.05, 3.63) is 71.9 Å². The highest BCUT2D eigenvalue weighted by atomic mass is 32.2. The van der Waals surface area contributed by atoms with Crippen LogP contribution in [0.25, 0.3) is 0 Å². The number of hydrogen-bond acceptors (Lipinski definition) is 12. The monoisotopic (exact) mass is 914 g/mol. The number of aliphatic hydroxyl groups excluding tert-OH is 1. The van der Waals surface area contributed by atoms with E-state index < -0.39 is 30.3 Å². The van der Waals surface area contributed by atoms with Crippen LogP contribution in [0.5, 0.6) is 0 Å². The number of fused-ring (bicyclic) bond motifs is 2. The number of aliphatic hydroxyl groups is 1. The molecular formula is C48H75N5O10S. The van der Waals surface area contributed by atoms with E-state index in [1.807, 2.05) is 50.8 Å². The molecule has 0 saturated carbocycles. The van der Waals surface area contributed by atoms with Crippen LogP contribution in [0.1, 0.15) is 79.6 Å². The van der Waals surface area contributed by atoms with Gasteiger partial charge in [0.1, 0.15) is 6.10 Å². The van der Waals surface area contributed by atoms with E-state index in [-0.39, 0.29) is 60.2 Å². The maximum atomic E-state index is 13.0. The maximum Gasteiger partial charge on any atom is 0.331 e. The predicted octanol–water partition coefficient (Wildman–Crippen LogP) is 4.57. The molecule has 0 aromatic rings. The summed E-state index contributed by atoms with van der Waals surface area (Å²) in [4.78, 5) is 49.3. The number of nitrogens with two attached hydrogens (primary N) is 1. The van der Waals surface area contributed by atoms with Crippen molar-refractivity contribution in [3.63, 3.8) is 0 Å². The minimum absolute atomic E-state index is 0.0161. The van der Waals surface area contributed by atoms with Crippen molar-refractivity contribution >= 4 is 35.6 Å². The van der Waals surface area contributed by atoms with Crippen molar-refractivity contribution in [2.75, 3.05) is 65.2 Å². The Kier molecular flexibility index (Phi) is 23.4. The van der Waals surface area contributed by atoms with Gasteiger partial charge in [-0.15, -0.1) is 0 Å². The Hall–Kier alpha value is -3.77. The van der Waals surface area contributed by atoms with Gasteiger partial charge in [0.05, 0.1) is 83.1 Å². The van der Waals surface area contributed by atoms with Crippen LogP contribution in [0.3, 0.4) is 0 Å². The van der Waals surface area contributed by atoms with Crippen molar-refractivity contribution in [3.8, 4) is 0 Å². The van der Waals surface area contributed by atoms with Gasteiger partial charge in [0, 0.05) is 48.3 Å². The number of nitrogens with one attached hydrogen (secondary N) is 4. The fourth-order valence-electron chi connectivity index (χ4n) is 8.07. The van der Waals surface area contributed by atoms with Crippen molar-refractivity contribution in [1.82, 2.24) is 21.3 Å². The summed E-state index contributed by atoms with van der Waals surface area (Å²) in [6.45, 7) is 13.1. The highest BCUT2D eigenvalue weighted by molar-refractivity contribution is 8.00. The van der Waals surface area contributed by atoms with Crippen LogP contribution in [0, 0.1) is 17.3 Å². The Labute approximate surface area is 384 Å². The van der Waals surface area contributed by atoms with Gasteiger partial charge in [0.15, 0.2) is 0 Å². The van der Waals surface area contributed by atoms with Gasteiger partial charge in [-0.05, 0) is 51.9 Å². The van der Waals surface area contributed by atoms with E-state index >= 15 is 0 Å². The Morgan fingerprint density at radius 2 is 1.64 bits per heavy atom. The number of thioether (sulfide) groups is 1. The molecule has 3 heterocycles. The Morgan fingerprint density at radius 3 is 2.38 bits per heavy atom. The molecule has 1 aliphatic carbocycles. The molecule has 10 atom stereocenters. The summed E-state index contributed by atoms with van der Waals surface area (Å²) < 4.78 is 28.0. The minimum Gasteiger partial charge on any atom is -0.457 e. The maximum absolute atomic E-state index is 13.0. The average molecular weight is 914 g/mol. The summed E-state index contributed by atoms with van der Waals surface area (Å²) in [7, 11) is 0. The molecule has 7 N–H and O–H groups in total. The second-order valence-electron chi connectivity index (χ2n) is 17.5. The molecule has 0 aromatic heterocycles. The molecule has 0 radical (unpaired) electrons. The Balaban J connectivity index is 1.03. The van der Waals surface area contributed by atoms with Crippen molar-refractivity contribution in [2.24, 2.45) is 23.0 Å². The fraction of sp³-hybridized carbons (Fsp3) is 0.667. The molecule has 4 aliphatic rings. The first-order valence-corrected chi connectivity index (χ1v) is 24.1. The van der Waals surface area contributed by atoms with Gasteiger partial charge in [0.25, 0.3) is 0 Å². The standard InChI is InChI=1S/C48H75N5O10S/c1-33-11-10-15-42(56)63-46(35(3)17-16-34(2)31-37-12-8-9-20-48(37,5)21-18-33)43(49)45(57)36(4)51-41(55)19-23-59-25-27-61-29-30-62-28-26-60-24-22-50-40(54)14-7-6-13-39-44-38(32-64-39)52-47(58)53-44/h8,10-12,15-18,21,31,35-39,43-46,57H,6-7,9,13-14,19-20,22-30,32,49H2,1-5H3,(H,50,54)(H,51,55)(H2,52,53,58)/b15-10+,17-16+,21-18+,33-11-,34-31+/t35-,36-,37-,38?,39+,43-,44?,45-,46-,48+/m1/s1. The largest absolute Gasteiger partial charge is 0.457 e. The molecule has 4 amide bonds. The lowest BCUT2D eigenvalue weighted by Crippen LogP contribution is -2.56. The lowest BCUT2D eigenvalue weighted by Gasteiger charge is -2.35. The zero-order chi connectivity index (χ0) is 46.3. The van der Waals surface area contributed by atoms with Crippen LogP contribution >= 0.6 is 11.8 Å². The summed E-state index contributed by atoms with van der Waals surface area (Å²) in [5.41, 5.74) is 8.61. The number of esters is 1. The summed E-state index contributed by atoms with van der Waals surface area (Å²) >= 11 is 1.89. The average Bonchev–Trinajstić information content (AvgIpc) is 3.82. The van der Waals surface area contributed by atoms with E-state index in [2.05, 4.69) is 58.6 Å². The van der Waals surface area contributed by atoms with E-state index in [9.17, 15) is 24.3 Å². The third-order valence-electron chi connectivity index (χ3n) is 12.1. The van der Waals surface area contributed by atoms with Gasteiger partial charge in [-0.2, -0.15) is 11.8 Å². The van der Waals surface area contributed by atoms with E-state index in [1.165, 1.54) is 6.08 Å². The number of amides is 4. The number of cyclic esters (lactones) is 1. The molecule has 0 spiro atoms. The molecule has 3 aliphatic heterocycles. The summed E-state index contributed by atoms with van der Waals surface area (Å²) in [5.74, 6) is -0.0568. The van der Waals surface area contributed by atoms with Crippen molar-refractivity contribution in [1.29, 1.82) is 0 Å². The Morgan fingerprint density at radius 1 is 0.938 bits per heavy atom. The number of rotatable bonds is 24. The SMILES string of the molecule is CC1=C/C=C/C(=O)O[C@@H]([C@H](N)[C@H](O)[C@@H](C)NC(=O)CCOCCOCCOCCOCCNC(=O)CCCC[C@@H]2SCC3NC(=O)NC32)[C@H](C)/C=C/C(C)=C/[C@H]2C=CCC[C@@]2(C)\C=C\1. The zero-order valence-corrected chi connectivity index (χ0v) is 39.4. The molecule has 4 rings (SSSR count). The number of allylic oxidation sites excluding steroid dienone is 10. The van der Waals surface area contributed by atoms with Crippen LogP contribution in [-0.2, 0) is 38.1 Å². The number of hydrogen-bond donors (Lipinski definition) is 6. The fourth-order valence-corrected chi connectivity index (χ4v) is 9.62. The number of urea groups is 1. The van der Waals surface area contributed by atoms with Crippen molar-refractivity contribution in [2.45, 2.75) is 121 Å². The molecule has 358 valence electrons.